The average molecular weight is 426 g/mol. The summed E-state index contributed by atoms with van der Waals surface area (Å²) in [5, 5.41) is 13.6. The fourth-order valence-electron chi connectivity index (χ4n) is 3.54. The topological polar surface area (TPSA) is 91.0 Å². The number of hydrogen-bond acceptors (Lipinski definition) is 5. The smallest absolute Gasteiger partial charge is 0.271 e. The van der Waals surface area contributed by atoms with Crippen molar-refractivity contribution in [2.24, 2.45) is 0 Å². The molecule has 1 N–H and O–H groups in total. The van der Waals surface area contributed by atoms with Crippen LogP contribution in [0, 0.1) is 17.1 Å². The molecular formula is C21H17ClFN5O2. The van der Waals surface area contributed by atoms with E-state index in [1.54, 1.807) is 35.5 Å². The van der Waals surface area contributed by atoms with Crippen molar-refractivity contribution in [2.45, 2.75) is 12.6 Å². The maximum absolute atomic E-state index is 13.2. The number of carbonyl (C=O) groups is 1. The van der Waals surface area contributed by atoms with Crippen molar-refractivity contribution < 1.29 is 9.18 Å². The number of nitrogens with zero attached hydrogens (tertiary/aromatic N) is 4. The van der Waals surface area contributed by atoms with Crippen LogP contribution in [0.25, 0.3) is 10.9 Å². The van der Waals surface area contributed by atoms with Crippen molar-refractivity contribution in [3.63, 3.8) is 0 Å². The Morgan fingerprint density at radius 1 is 1.30 bits per heavy atom. The Bertz CT molecular complexity index is 1210. The monoisotopic (exact) mass is 425 g/mol. The molecule has 1 saturated heterocycles. The van der Waals surface area contributed by atoms with E-state index in [-0.39, 0.29) is 35.8 Å². The lowest BCUT2D eigenvalue weighted by Crippen LogP contribution is -2.57. The molecule has 7 nitrogen and oxygen atoms in total. The van der Waals surface area contributed by atoms with Gasteiger partial charge in [-0.25, -0.2) is 4.39 Å². The molecule has 0 aliphatic carbocycles. The zero-order valence-corrected chi connectivity index (χ0v) is 16.6. The summed E-state index contributed by atoms with van der Waals surface area (Å²) in [6.45, 7) is 1.07. The van der Waals surface area contributed by atoms with Crippen molar-refractivity contribution in [1.29, 1.82) is 5.26 Å². The van der Waals surface area contributed by atoms with Gasteiger partial charge in [0.05, 0.1) is 30.0 Å². The number of pyridine rings is 2. The van der Waals surface area contributed by atoms with Crippen LogP contribution in [0.1, 0.15) is 11.1 Å². The second-order valence-corrected chi connectivity index (χ2v) is 7.31. The van der Waals surface area contributed by atoms with E-state index in [9.17, 15) is 19.2 Å². The van der Waals surface area contributed by atoms with Gasteiger partial charge in [0.15, 0.2) is 0 Å². The van der Waals surface area contributed by atoms with Gasteiger partial charge in [0.25, 0.3) is 5.56 Å². The lowest BCUT2D eigenvalue weighted by Gasteiger charge is -2.40. The molecule has 0 unspecified atom stereocenters. The first-order valence-corrected chi connectivity index (χ1v) is 9.80. The molecule has 0 saturated carbocycles. The van der Waals surface area contributed by atoms with Crippen molar-refractivity contribution in [3.8, 4) is 6.07 Å². The van der Waals surface area contributed by atoms with Crippen molar-refractivity contribution >= 4 is 34.1 Å². The Morgan fingerprint density at radius 2 is 2.03 bits per heavy atom. The Balaban J connectivity index is 1.74. The summed E-state index contributed by atoms with van der Waals surface area (Å²) in [6.07, 6.45) is 3.15. The Morgan fingerprint density at radius 3 is 2.70 bits per heavy atom. The standard InChI is InChI=1S/C21H17ClFN5O2/c22-7-19(29)27-11-15(12-27)26-20-16-5-6-25-9-18(16)28(21(30)17(20)8-24)10-13-1-3-14(23)4-2-13/h1-6,9,15,26H,7,10-12H2. The van der Waals surface area contributed by atoms with E-state index in [4.69, 9.17) is 11.6 Å². The number of nitriles is 1. The zero-order valence-electron chi connectivity index (χ0n) is 15.8. The number of hydrogen-bond donors (Lipinski definition) is 1. The molecule has 1 aliphatic heterocycles. The summed E-state index contributed by atoms with van der Waals surface area (Å²) in [5.41, 5.74) is 1.23. The first-order valence-electron chi connectivity index (χ1n) is 9.27. The van der Waals surface area contributed by atoms with Crippen LogP contribution in [0.5, 0.6) is 0 Å². The number of anilines is 1. The highest BCUT2D eigenvalue weighted by atomic mass is 35.5. The minimum Gasteiger partial charge on any atom is -0.377 e. The summed E-state index contributed by atoms with van der Waals surface area (Å²) in [4.78, 5) is 30.5. The Labute approximate surface area is 176 Å². The van der Waals surface area contributed by atoms with E-state index < -0.39 is 5.56 Å². The van der Waals surface area contributed by atoms with Crippen LogP contribution < -0.4 is 10.9 Å². The molecule has 0 bridgehead atoms. The molecule has 9 heteroatoms. The highest BCUT2D eigenvalue weighted by Crippen LogP contribution is 2.27. The van der Waals surface area contributed by atoms with Gasteiger partial charge >= 0.3 is 0 Å². The first kappa shape index (κ1) is 19.9. The largest absolute Gasteiger partial charge is 0.377 e. The summed E-state index contributed by atoms with van der Waals surface area (Å²) in [5.74, 6) is -0.597. The third-order valence-electron chi connectivity index (χ3n) is 5.13. The number of fused-ring (bicyclic) bond motifs is 1. The molecule has 0 spiro atoms. The molecule has 2 aromatic heterocycles. The summed E-state index contributed by atoms with van der Waals surface area (Å²) in [6, 6.07) is 9.50. The average Bonchev–Trinajstić information content (AvgIpc) is 2.73. The molecule has 0 atom stereocenters. The number of nitrogens with one attached hydrogen (secondary N) is 1. The Hall–Kier alpha value is -3.44. The van der Waals surface area contributed by atoms with Crippen LogP contribution >= 0.6 is 11.6 Å². The minimum atomic E-state index is -0.460. The molecule has 1 aromatic carbocycles. The predicted molar refractivity (Wildman–Crippen MR) is 111 cm³/mol. The molecule has 0 radical (unpaired) electrons. The normalized spacial score (nSPS) is 13.7. The van der Waals surface area contributed by atoms with Crippen LogP contribution in [-0.2, 0) is 11.3 Å². The molecule has 152 valence electrons. The summed E-state index contributed by atoms with van der Waals surface area (Å²) >= 11 is 5.58. The molecule has 1 amide bonds. The van der Waals surface area contributed by atoms with E-state index in [2.05, 4.69) is 10.3 Å². The van der Waals surface area contributed by atoms with E-state index in [0.717, 1.165) is 5.56 Å². The fourth-order valence-corrected chi connectivity index (χ4v) is 3.71. The lowest BCUT2D eigenvalue weighted by molar-refractivity contribution is -0.132. The molecule has 1 fully saturated rings. The van der Waals surface area contributed by atoms with Gasteiger partial charge < -0.3 is 14.8 Å². The maximum atomic E-state index is 13.2. The Kier molecular flexibility index (Phi) is 5.38. The van der Waals surface area contributed by atoms with Crippen LogP contribution in [0.4, 0.5) is 10.1 Å². The summed E-state index contributed by atoms with van der Waals surface area (Å²) in [7, 11) is 0. The number of benzene rings is 1. The van der Waals surface area contributed by atoms with Crippen molar-refractivity contribution in [2.75, 3.05) is 24.3 Å². The third kappa shape index (κ3) is 3.60. The van der Waals surface area contributed by atoms with Crippen LogP contribution in [0.3, 0.4) is 0 Å². The number of rotatable bonds is 5. The summed E-state index contributed by atoms with van der Waals surface area (Å²) < 4.78 is 14.7. The van der Waals surface area contributed by atoms with Gasteiger partial charge in [0, 0.05) is 24.7 Å². The van der Waals surface area contributed by atoms with E-state index in [0.29, 0.717) is 29.7 Å². The first-order chi connectivity index (χ1) is 14.5. The minimum absolute atomic E-state index is 0.0158. The third-order valence-corrected chi connectivity index (χ3v) is 5.36. The van der Waals surface area contributed by atoms with Gasteiger partial charge in [-0.05, 0) is 23.8 Å². The van der Waals surface area contributed by atoms with Crippen LogP contribution in [0.15, 0.2) is 47.5 Å². The molecule has 30 heavy (non-hydrogen) atoms. The number of carbonyl (C=O) groups excluding carboxylic acids is 1. The predicted octanol–water partition coefficient (Wildman–Crippen LogP) is 2.32. The van der Waals surface area contributed by atoms with Crippen LogP contribution in [-0.4, -0.2) is 45.4 Å². The number of alkyl halides is 1. The van der Waals surface area contributed by atoms with Gasteiger partial charge in [-0.15, -0.1) is 11.6 Å². The second kappa shape index (κ2) is 8.13. The maximum Gasteiger partial charge on any atom is 0.271 e. The number of likely N-dealkylation sites (tertiary alicyclic amines) is 1. The van der Waals surface area contributed by atoms with E-state index in [1.165, 1.54) is 16.7 Å². The van der Waals surface area contributed by atoms with E-state index in [1.807, 2.05) is 6.07 Å². The van der Waals surface area contributed by atoms with Crippen LogP contribution in [0.2, 0.25) is 0 Å². The van der Waals surface area contributed by atoms with Gasteiger partial charge in [-0.2, -0.15) is 5.26 Å². The number of aromatic nitrogens is 2. The zero-order chi connectivity index (χ0) is 21.3. The SMILES string of the molecule is N#Cc1c(NC2CN(C(=O)CCl)C2)c2ccncc2n(Cc2ccc(F)cc2)c1=O. The lowest BCUT2D eigenvalue weighted by atomic mass is 10.1. The molecule has 3 heterocycles. The second-order valence-electron chi connectivity index (χ2n) is 7.05. The number of halogens is 2. The number of amides is 1. The van der Waals surface area contributed by atoms with Crippen molar-refractivity contribution in [1.82, 2.24) is 14.5 Å². The molecule has 1 aliphatic rings. The fraction of sp³-hybridized carbons (Fsp3) is 0.238. The molecule has 3 aromatic rings. The quantitative estimate of drug-likeness (QED) is 0.633. The highest BCUT2D eigenvalue weighted by Gasteiger charge is 2.31. The van der Waals surface area contributed by atoms with Gasteiger partial charge in [-0.3, -0.25) is 14.6 Å². The van der Waals surface area contributed by atoms with E-state index >= 15 is 0 Å². The van der Waals surface area contributed by atoms with Gasteiger partial charge in [0.1, 0.15) is 23.3 Å². The molecule has 4 rings (SSSR count). The molecular weight excluding hydrogens is 409 g/mol. The highest BCUT2D eigenvalue weighted by molar-refractivity contribution is 6.27. The van der Waals surface area contributed by atoms with Gasteiger partial charge in [-0.1, -0.05) is 12.1 Å². The van der Waals surface area contributed by atoms with Crippen molar-refractivity contribution in [3.05, 3.63) is 70.0 Å². The van der Waals surface area contributed by atoms with Gasteiger partial charge in [0.2, 0.25) is 5.91 Å².